The van der Waals surface area contributed by atoms with E-state index in [4.69, 9.17) is 9.47 Å². The van der Waals surface area contributed by atoms with Gasteiger partial charge in [-0.2, -0.15) is 0 Å². The molecule has 1 rings (SSSR count). The normalized spacial score (nSPS) is 9.41. The molecule has 17 heavy (non-hydrogen) atoms. The number of esters is 1. The maximum atomic E-state index is 11.5. The SMILES string of the molecule is C=CCOC(=O)c1cc(OCC=C)ccc1O. The van der Waals surface area contributed by atoms with Crippen LogP contribution in [0.4, 0.5) is 0 Å². The van der Waals surface area contributed by atoms with Gasteiger partial charge in [0.15, 0.2) is 0 Å². The van der Waals surface area contributed by atoms with Crippen LogP contribution in [0, 0.1) is 0 Å². The van der Waals surface area contributed by atoms with Gasteiger partial charge in [-0.05, 0) is 18.2 Å². The van der Waals surface area contributed by atoms with Gasteiger partial charge in [0.1, 0.15) is 30.3 Å². The Bertz CT molecular complexity index is 423. The zero-order valence-corrected chi connectivity index (χ0v) is 9.39. The van der Waals surface area contributed by atoms with Gasteiger partial charge in [0.05, 0.1) is 0 Å². The van der Waals surface area contributed by atoms with E-state index in [1.54, 1.807) is 12.1 Å². The molecule has 0 radical (unpaired) electrons. The number of rotatable bonds is 6. The predicted octanol–water partition coefficient (Wildman–Crippen LogP) is 2.30. The van der Waals surface area contributed by atoms with Crippen molar-refractivity contribution in [2.24, 2.45) is 0 Å². The Balaban J connectivity index is 2.85. The summed E-state index contributed by atoms with van der Waals surface area (Å²) >= 11 is 0. The first-order chi connectivity index (χ1) is 8.19. The number of hydrogen-bond acceptors (Lipinski definition) is 4. The zero-order chi connectivity index (χ0) is 12.7. The van der Waals surface area contributed by atoms with Gasteiger partial charge in [0.25, 0.3) is 0 Å². The van der Waals surface area contributed by atoms with Crippen molar-refractivity contribution in [2.45, 2.75) is 0 Å². The monoisotopic (exact) mass is 234 g/mol. The van der Waals surface area contributed by atoms with Crippen molar-refractivity contribution >= 4 is 5.97 Å². The Labute approximate surface area is 99.8 Å². The predicted molar refractivity (Wildman–Crippen MR) is 64.3 cm³/mol. The molecule has 0 unspecified atom stereocenters. The summed E-state index contributed by atoms with van der Waals surface area (Å²) in [6.45, 7) is 7.36. The van der Waals surface area contributed by atoms with Crippen molar-refractivity contribution < 1.29 is 19.4 Å². The van der Waals surface area contributed by atoms with Crippen molar-refractivity contribution in [1.82, 2.24) is 0 Å². The van der Waals surface area contributed by atoms with Crippen LogP contribution < -0.4 is 4.74 Å². The first kappa shape index (κ1) is 12.8. The highest BCUT2D eigenvalue weighted by atomic mass is 16.5. The molecule has 0 aliphatic rings. The van der Waals surface area contributed by atoms with Crippen molar-refractivity contribution in [2.75, 3.05) is 13.2 Å². The molecule has 0 bridgehead atoms. The van der Waals surface area contributed by atoms with E-state index in [1.165, 1.54) is 18.2 Å². The van der Waals surface area contributed by atoms with E-state index < -0.39 is 5.97 Å². The minimum Gasteiger partial charge on any atom is -0.507 e. The van der Waals surface area contributed by atoms with Crippen LogP contribution in [-0.2, 0) is 4.74 Å². The Morgan fingerprint density at radius 3 is 2.65 bits per heavy atom. The molecule has 1 aromatic rings. The summed E-state index contributed by atoms with van der Waals surface area (Å²) in [7, 11) is 0. The van der Waals surface area contributed by atoms with Crippen molar-refractivity contribution in [3.05, 3.63) is 49.1 Å². The van der Waals surface area contributed by atoms with E-state index >= 15 is 0 Å². The van der Waals surface area contributed by atoms with Gasteiger partial charge >= 0.3 is 5.97 Å². The molecule has 0 fully saturated rings. The number of carbonyl (C=O) groups is 1. The van der Waals surface area contributed by atoms with Gasteiger partial charge in [-0.1, -0.05) is 25.3 Å². The minimum absolute atomic E-state index is 0.0633. The van der Waals surface area contributed by atoms with Crippen molar-refractivity contribution in [3.63, 3.8) is 0 Å². The fraction of sp³-hybridized carbons (Fsp3) is 0.154. The van der Waals surface area contributed by atoms with E-state index in [9.17, 15) is 9.90 Å². The average molecular weight is 234 g/mol. The fourth-order valence-electron chi connectivity index (χ4n) is 1.14. The fourth-order valence-corrected chi connectivity index (χ4v) is 1.14. The number of ether oxygens (including phenoxy) is 2. The lowest BCUT2D eigenvalue weighted by Crippen LogP contribution is -2.06. The van der Waals surface area contributed by atoms with Crippen LogP contribution in [-0.4, -0.2) is 24.3 Å². The van der Waals surface area contributed by atoms with Gasteiger partial charge in [0.2, 0.25) is 0 Å². The number of phenolic OH excluding ortho intramolecular Hbond substituents is 1. The molecule has 0 aromatic heterocycles. The molecule has 1 aromatic carbocycles. The van der Waals surface area contributed by atoms with Crippen LogP contribution in [0.25, 0.3) is 0 Å². The highest BCUT2D eigenvalue weighted by Crippen LogP contribution is 2.23. The average Bonchev–Trinajstić information content (AvgIpc) is 2.35. The summed E-state index contributed by atoms with van der Waals surface area (Å²) in [5, 5.41) is 9.53. The second-order valence-corrected chi connectivity index (χ2v) is 3.17. The molecular formula is C13H14O4. The highest BCUT2D eigenvalue weighted by Gasteiger charge is 2.13. The van der Waals surface area contributed by atoms with E-state index in [0.717, 1.165) is 0 Å². The summed E-state index contributed by atoms with van der Waals surface area (Å²) in [4.78, 5) is 11.5. The van der Waals surface area contributed by atoms with Gasteiger partial charge in [-0.25, -0.2) is 4.79 Å². The van der Waals surface area contributed by atoms with Crippen LogP contribution in [0.3, 0.4) is 0 Å². The summed E-state index contributed by atoms with van der Waals surface area (Å²) in [6, 6.07) is 4.36. The van der Waals surface area contributed by atoms with E-state index in [1.807, 2.05) is 0 Å². The van der Waals surface area contributed by atoms with Crippen LogP contribution >= 0.6 is 0 Å². The molecule has 4 heteroatoms. The number of phenols is 1. The lowest BCUT2D eigenvalue weighted by Gasteiger charge is -2.07. The van der Waals surface area contributed by atoms with E-state index in [2.05, 4.69) is 13.2 Å². The maximum Gasteiger partial charge on any atom is 0.342 e. The third-order valence-corrected chi connectivity index (χ3v) is 1.89. The number of aromatic hydroxyl groups is 1. The van der Waals surface area contributed by atoms with Crippen LogP contribution in [0.5, 0.6) is 11.5 Å². The molecule has 0 saturated carbocycles. The van der Waals surface area contributed by atoms with Crippen LogP contribution in [0.2, 0.25) is 0 Å². The van der Waals surface area contributed by atoms with Gasteiger partial charge < -0.3 is 14.6 Å². The molecule has 0 heterocycles. The standard InChI is InChI=1S/C13H14O4/c1-3-7-16-10-5-6-12(14)11(9-10)13(15)17-8-4-2/h3-6,9,14H,1-2,7-8H2. The minimum atomic E-state index is -0.619. The lowest BCUT2D eigenvalue weighted by atomic mass is 10.2. The molecule has 0 saturated heterocycles. The molecule has 4 nitrogen and oxygen atoms in total. The van der Waals surface area contributed by atoms with Crippen molar-refractivity contribution in [1.29, 1.82) is 0 Å². The first-order valence-electron chi connectivity index (χ1n) is 5.03. The number of hydrogen-bond donors (Lipinski definition) is 1. The van der Waals surface area contributed by atoms with E-state index in [0.29, 0.717) is 12.4 Å². The van der Waals surface area contributed by atoms with Gasteiger partial charge in [0, 0.05) is 0 Å². The summed E-state index contributed by atoms with van der Waals surface area (Å²) in [5.41, 5.74) is 0.0633. The molecule has 90 valence electrons. The number of benzene rings is 1. The van der Waals surface area contributed by atoms with Gasteiger partial charge in [-0.3, -0.25) is 0 Å². The van der Waals surface area contributed by atoms with Crippen LogP contribution in [0.1, 0.15) is 10.4 Å². The topological polar surface area (TPSA) is 55.8 Å². The highest BCUT2D eigenvalue weighted by molar-refractivity contribution is 5.92. The molecular weight excluding hydrogens is 220 g/mol. The second-order valence-electron chi connectivity index (χ2n) is 3.17. The maximum absolute atomic E-state index is 11.5. The van der Waals surface area contributed by atoms with Crippen molar-refractivity contribution in [3.8, 4) is 11.5 Å². The Morgan fingerprint density at radius 1 is 1.29 bits per heavy atom. The Kier molecular flexibility index (Phi) is 4.81. The number of carbonyl (C=O) groups excluding carboxylic acids is 1. The molecule has 0 atom stereocenters. The molecule has 1 N–H and O–H groups in total. The zero-order valence-electron chi connectivity index (χ0n) is 9.39. The van der Waals surface area contributed by atoms with Gasteiger partial charge in [-0.15, -0.1) is 0 Å². The van der Waals surface area contributed by atoms with Crippen LogP contribution in [0.15, 0.2) is 43.5 Å². The quantitative estimate of drug-likeness (QED) is 0.606. The molecule has 0 amide bonds. The molecule has 0 aliphatic carbocycles. The smallest absolute Gasteiger partial charge is 0.342 e. The summed E-state index contributed by atoms with van der Waals surface area (Å²) < 4.78 is 10.1. The summed E-state index contributed by atoms with van der Waals surface area (Å²) in [5.74, 6) is -0.301. The summed E-state index contributed by atoms with van der Waals surface area (Å²) in [6.07, 6.45) is 3.04. The first-order valence-corrected chi connectivity index (χ1v) is 5.03. The second kappa shape index (κ2) is 6.37. The molecule has 0 spiro atoms. The third-order valence-electron chi connectivity index (χ3n) is 1.89. The van der Waals surface area contributed by atoms with E-state index in [-0.39, 0.29) is 17.9 Å². The largest absolute Gasteiger partial charge is 0.507 e. The Morgan fingerprint density at radius 2 is 2.00 bits per heavy atom. The Hall–Kier alpha value is -2.23. The lowest BCUT2D eigenvalue weighted by molar-refractivity contribution is 0.0546. The molecule has 0 aliphatic heterocycles. The third kappa shape index (κ3) is 3.68.